The van der Waals surface area contributed by atoms with Crippen molar-refractivity contribution in [3.05, 3.63) is 18.5 Å². The molecule has 1 fully saturated rings. The van der Waals surface area contributed by atoms with Crippen molar-refractivity contribution in [2.45, 2.75) is 25.4 Å². The average molecular weight is 370 g/mol. The molecule has 3 heterocycles. The number of fused-ring (bicyclic) bond motifs is 1. The molecular formula is C16H21F3N6O. The summed E-state index contributed by atoms with van der Waals surface area (Å²) in [5, 5.41) is 5.32. The number of piperidine rings is 1. The molecule has 0 bridgehead atoms. The van der Waals surface area contributed by atoms with E-state index in [2.05, 4.69) is 25.6 Å². The molecule has 0 aromatic carbocycles. The highest BCUT2D eigenvalue weighted by molar-refractivity contribution is 5.89. The summed E-state index contributed by atoms with van der Waals surface area (Å²) in [6, 6.07) is 1.35. The largest absolute Gasteiger partial charge is 0.401 e. The summed E-state index contributed by atoms with van der Waals surface area (Å²) in [4.78, 5) is 24.6. The zero-order valence-electron chi connectivity index (χ0n) is 14.1. The van der Waals surface area contributed by atoms with Crippen LogP contribution in [0.25, 0.3) is 11.2 Å². The number of rotatable bonds is 5. The van der Waals surface area contributed by atoms with E-state index < -0.39 is 18.8 Å². The molecule has 7 nitrogen and oxygen atoms in total. The highest BCUT2D eigenvalue weighted by Gasteiger charge is 2.32. The van der Waals surface area contributed by atoms with Crippen molar-refractivity contribution in [3.8, 4) is 0 Å². The monoisotopic (exact) mass is 370 g/mol. The van der Waals surface area contributed by atoms with Gasteiger partial charge in [-0.1, -0.05) is 0 Å². The van der Waals surface area contributed by atoms with Crippen molar-refractivity contribution in [2.75, 3.05) is 31.5 Å². The second-order valence-electron chi connectivity index (χ2n) is 6.49. The minimum absolute atomic E-state index is 0.155. The fourth-order valence-electron chi connectivity index (χ4n) is 3.22. The van der Waals surface area contributed by atoms with E-state index in [1.165, 1.54) is 11.1 Å². The number of nitrogens with zero attached hydrogens (tertiary/aromatic N) is 3. The van der Waals surface area contributed by atoms with Crippen LogP contribution in [0.15, 0.2) is 18.5 Å². The number of carbonyl (C=O) groups is 1. The summed E-state index contributed by atoms with van der Waals surface area (Å²) >= 11 is 0. The predicted molar refractivity (Wildman–Crippen MR) is 90.7 cm³/mol. The lowest BCUT2D eigenvalue weighted by Gasteiger charge is -2.33. The number of anilines is 1. The van der Waals surface area contributed by atoms with Gasteiger partial charge in [0.05, 0.1) is 12.7 Å². The Morgan fingerprint density at radius 3 is 3.08 bits per heavy atom. The topological polar surface area (TPSA) is 85.9 Å². The molecule has 1 atom stereocenters. The minimum atomic E-state index is -4.17. The summed E-state index contributed by atoms with van der Waals surface area (Å²) < 4.78 is 37.5. The number of aromatic nitrogens is 3. The first-order valence-electron chi connectivity index (χ1n) is 8.53. The quantitative estimate of drug-likeness (QED) is 0.755. The SMILES string of the molecule is O=C(NCCC1CCCN(CC(F)(F)F)C1)Nc1cnc2[nH]ccc2n1. The lowest BCUT2D eigenvalue weighted by molar-refractivity contribution is -0.149. The van der Waals surface area contributed by atoms with Gasteiger partial charge in [0.1, 0.15) is 5.52 Å². The van der Waals surface area contributed by atoms with Crippen LogP contribution < -0.4 is 10.6 Å². The van der Waals surface area contributed by atoms with Crippen LogP contribution in [0.3, 0.4) is 0 Å². The van der Waals surface area contributed by atoms with Gasteiger partial charge in [-0.05, 0) is 37.8 Å². The van der Waals surface area contributed by atoms with Crippen LogP contribution >= 0.6 is 0 Å². The average Bonchev–Trinajstić information content (AvgIpc) is 3.01. The lowest BCUT2D eigenvalue weighted by Crippen LogP contribution is -2.42. The van der Waals surface area contributed by atoms with Crippen molar-refractivity contribution < 1.29 is 18.0 Å². The predicted octanol–water partition coefficient (Wildman–Crippen LogP) is 2.74. The van der Waals surface area contributed by atoms with Crippen LogP contribution in [0, 0.1) is 5.92 Å². The van der Waals surface area contributed by atoms with E-state index in [1.807, 2.05) is 0 Å². The number of amides is 2. The standard InChI is InChI=1S/C16H21F3N6O/c17-16(18,19)10-25-7-1-2-11(9-25)3-5-21-15(26)24-13-8-22-14-12(23-13)4-6-20-14/h4,6,8,11H,1-3,5,7,9-10H2,(H,20,22)(H2,21,23,24,26). The number of likely N-dealkylation sites (tertiary alicyclic amines) is 1. The third-order valence-electron chi connectivity index (χ3n) is 4.35. The van der Waals surface area contributed by atoms with Crippen molar-refractivity contribution in [1.29, 1.82) is 0 Å². The third-order valence-corrected chi connectivity index (χ3v) is 4.35. The lowest BCUT2D eigenvalue weighted by atomic mass is 9.95. The zero-order valence-corrected chi connectivity index (χ0v) is 14.1. The Hall–Kier alpha value is -2.36. The molecule has 2 aromatic heterocycles. The smallest absolute Gasteiger partial charge is 0.345 e. The Morgan fingerprint density at radius 1 is 1.42 bits per heavy atom. The molecule has 3 N–H and O–H groups in total. The van der Waals surface area contributed by atoms with Gasteiger partial charge in [0.15, 0.2) is 11.5 Å². The molecule has 2 amide bonds. The highest BCUT2D eigenvalue weighted by atomic mass is 19.4. The Kier molecular flexibility index (Phi) is 5.60. The van der Waals surface area contributed by atoms with Crippen molar-refractivity contribution in [1.82, 2.24) is 25.2 Å². The van der Waals surface area contributed by atoms with Gasteiger partial charge < -0.3 is 10.3 Å². The number of carbonyl (C=O) groups excluding carboxylic acids is 1. The first-order valence-corrected chi connectivity index (χ1v) is 8.53. The fourth-order valence-corrected chi connectivity index (χ4v) is 3.22. The van der Waals surface area contributed by atoms with Gasteiger partial charge in [0.25, 0.3) is 0 Å². The maximum absolute atomic E-state index is 12.5. The molecule has 1 unspecified atom stereocenters. The molecule has 1 aliphatic rings. The summed E-state index contributed by atoms with van der Waals surface area (Å²) in [7, 11) is 0. The maximum atomic E-state index is 12.5. The van der Waals surface area contributed by atoms with E-state index in [-0.39, 0.29) is 5.92 Å². The Bertz CT molecular complexity index is 747. The van der Waals surface area contributed by atoms with Crippen LogP contribution in [0.2, 0.25) is 0 Å². The van der Waals surface area contributed by atoms with Gasteiger partial charge in [0, 0.05) is 19.3 Å². The van der Waals surface area contributed by atoms with Gasteiger partial charge in [-0.2, -0.15) is 13.2 Å². The second kappa shape index (κ2) is 7.90. The number of aromatic amines is 1. The first kappa shape index (κ1) is 18.4. The van der Waals surface area contributed by atoms with E-state index in [1.54, 1.807) is 12.3 Å². The molecule has 10 heteroatoms. The van der Waals surface area contributed by atoms with Crippen LogP contribution in [0.4, 0.5) is 23.8 Å². The summed E-state index contributed by atoms with van der Waals surface area (Å²) in [6.45, 7) is 0.427. The summed E-state index contributed by atoms with van der Waals surface area (Å²) in [6.07, 6.45) is 1.27. The summed E-state index contributed by atoms with van der Waals surface area (Å²) in [5.41, 5.74) is 1.28. The van der Waals surface area contributed by atoms with Crippen molar-refractivity contribution in [3.63, 3.8) is 0 Å². The molecule has 0 aliphatic carbocycles. The normalized spacial score (nSPS) is 18.8. The number of H-pyrrole nitrogens is 1. The first-order chi connectivity index (χ1) is 12.4. The van der Waals surface area contributed by atoms with Crippen molar-refractivity contribution in [2.24, 2.45) is 5.92 Å². The van der Waals surface area contributed by atoms with Crippen LogP contribution in [-0.2, 0) is 0 Å². The minimum Gasteiger partial charge on any atom is -0.345 e. The molecule has 142 valence electrons. The van der Waals surface area contributed by atoms with E-state index in [4.69, 9.17) is 0 Å². The number of urea groups is 1. The number of hydrogen-bond donors (Lipinski definition) is 3. The molecule has 3 rings (SSSR count). The van der Waals surface area contributed by atoms with Crippen molar-refractivity contribution >= 4 is 23.0 Å². The molecular weight excluding hydrogens is 349 g/mol. The Labute approximate surface area is 148 Å². The van der Waals surface area contributed by atoms with Gasteiger partial charge in [-0.3, -0.25) is 10.2 Å². The molecule has 26 heavy (non-hydrogen) atoms. The van der Waals surface area contributed by atoms with Gasteiger partial charge in [0.2, 0.25) is 0 Å². The molecule has 0 spiro atoms. The van der Waals surface area contributed by atoms with Crippen LogP contribution in [-0.4, -0.2) is 58.2 Å². The van der Waals surface area contributed by atoms with E-state index in [0.29, 0.717) is 43.0 Å². The Morgan fingerprint density at radius 2 is 2.27 bits per heavy atom. The van der Waals surface area contributed by atoms with Gasteiger partial charge in [-0.15, -0.1) is 0 Å². The fraction of sp³-hybridized carbons (Fsp3) is 0.562. The third kappa shape index (κ3) is 5.32. The number of alkyl halides is 3. The van der Waals surface area contributed by atoms with E-state index >= 15 is 0 Å². The molecule has 0 radical (unpaired) electrons. The van der Waals surface area contributed by atoms with Crippen LogP contribution in [0.1, 0.15) is 19.3 Å². The number of nitrogens with one attached hydrogen (secondary N) is 3. The molecule has 1 saturated heterocycles. The van der Waals surface area contributed by atoms with E-state index in [0.717, 1.165) is 12.8 Å². The van der Waals surface area contributed by atoms with E-state index in [9.17, 15) is 18.0 Å². The van der Waals surface area contributed by atoms with Gasteiger partial charge >= 0.3 is 12.2 Å². The molecule has 0 saturated carbocycles. The maximum Gasteiger partial charge on any atom is 0.401 e. The number of halogens is 3. The summed E-state index contributed by atoms with van der Waals surface area (Å²) in [5.74, 6) is 0.492. The Balaban J connectivity index is 1.40. The van der Waals surface area contributed by atoms with Crippen LogP contribution in [0.5, 0.6) is 0 Å². The zero-order chi connectivity index (χ0) is 18.6. The molecule has 1 aliphatic heterocycles. The second-order valence-corrected chi connectivity index (χ2v) is 6.49. The van der Waals surface area contributed by atoms with Gasteiger partial charge in [-0.25, -0.2) is 14.8 Å². The number of hydrogen-bond acceptors (Lipinski definition) is 4. The molecule has 2 aromatic rings. The highest BCUT2D eigenvalue weighted by Crippen LogP contribution is 2.23.